The van der Waals surface area contributed by atoms with E-state index in [2.05, 4.69) is 4.98 Å². The van der Waals surface area contributed by atoms with Gasteiger partial charge in [0.05, 0.1) is 50.7 Å². The Morgan fingerprint density at radius 2 is 1.21 bits per heavy atom. The highest BCUT2D eigenvalue weighted by atomic mass is 16.5. The molecule has 0 radical (unpaired) electrons. The zero-order valence-electron chi connectivity index (χ0n) is 25.6. The van der Waals surface area contributed by atoms with Gasteiger partial charge in [-0.1, -0.05) is 52.9 Å². The number of carbonyl (C=O) groups is 4. The first-order valence-corrected chi connectivity index (χ1v) is 15.4. The van der Waals surface area contributed by atoms with Crippen LogP contribution in [0.4, 0.5) is 0 Å². The second kappa shape index (κ2) is 20.0. The van der Waals surface area contributed by atoms with Gasteiger partial charge in [-0.15, -0.1) is 0 Å². The molecule has 11 nitrogen and oxygen atoms in total. The summed E-state index contributed by atoms with van der Waals surface area (Å²) in [6.45, 7) is 7.20. The van der Waals surface area contributed by atoms with Gasteiger partial charge in [0, 0.05) is 24.8 Å². The molecule has 1 aromatic heterocycles. The summed E-state index contributed by atoms with van der Waals surface area (Å²) >= 11 is 0. The van der Waals surface area contributed by atoms with E-state index in [1.165, 1.54) is 12.3 Å². The third-order valence-corrected chi connectivity index (χ3v) is 7.35. The van der Waals surface area contributed by atoms with Crippen LogP contribution in [-0.4, -0.2) is 95.3 Å². The predicted octanol–water partition coefficient (Wildman–Crippen LogP) is 4.22. The van der Waals surface area contributed by atoms with Crippen LogP contribution < -0.4 is 0 Å². The van der Waals surface area contributed by atoms with Crippen molar-refractivity contribution in [3.05, 3.63) is 29.6 Å². The van der Waals surface area contributed by atoms with E-state index in [0.717, 1.165) is 64.2 Å². The van der Waals surface area contributed by atoms with Crippen molar-refractivity contribution < 1.29 is 38.5 Å². The molecule has 0 amide bonds. The third-order valence-electron chi connectivity index (χ3n) is 7.35. The third kappa shape index (κ3) is 12.9. The lowest BCUT2D eigenvalue weighted by Gasteiger charge is -2.44. The van der Waals surface area contributed by atoms with Crippen LogP contribution in [-0.2, 0) is 35.1 Å². The first-order valence-electron chi connectivity index (χ1n) is 15.4. The number of aromatic nitrogens is 1. The molecule has 1 heterocycles. The van der Waals surface area contributed by atoms with Crippen LogP contribution in [0.2, 0.25) is 0 Å². The Balaban J connectivity index is 2.32. The molecule has 1 N–H and O–H groups in total. The van der Waals surface area contributed by atoms with Crippen LogP contribution in [0.15, 0.2) is 18.3 Å². The number of carboxylic acid groups (broad SMARTS) is 1. The number of carboxylic acids is 1. The van der Waals surface area contributed by atoms with E-state index >= 15 is 0 Å². The highest BCUT2D eigenvalue weighted by molar-refractivity contribution is 5.87. The molecule has 0 saturated heterocycles. The lowest BCUT2D eigenvalue weighted by molar-refractivity contribution is -0.153. The highest BCUT2D eigenvalue weighted by Crippen LogP contribution is 2.29. The fourth-order valence-electron chi connectivity index (χ4n) is 5.00. The van der Waals surface area contributed by atoms with E-state index in [9.17, 15) is 24.3 Å². The molecule has 1 aromatic rings. The average Bonchev–Trinajstić information content (AvgIpc) is 2.97. The summed E-state index contributed by atoms with van der Waals surface area (Å²) in [5.74, 6) is -2.22. The number of rotatable bonds is 20. The number of esters is 3. The normalized spacial score (nSPS) is 16.8. The zero-order chi connectivity index (χ0) is 30.7. The number of hydrogen-bond donors (Lipinski definition) is 1. The van der Waals surface area contributed by atoms with Crippen LogP contribution in [0.25, 0.3) is 0 Å². The first kappa shape index (κ1) is 35.1. The summed E-state index contributed by atoms with van der Waals surface area (Å²) in [7, 11) is 0. The van der Waals surface area contributed by atoms with Crippen molar-refractivity contribution in [2.24, 2.45) is 0 Å². The maximum absolute atomic E-state index is 12.9. The Labute approximate surface area is 249 Å². The van der Waals surface area contributed by atoms with Gasteiger partial charge in [0.2, 0.25) is 0 Å². The Morgan fingerprint density at radius 3 is 1.62 bits per heavy atom. The standard InChI is InChI=1S/C31H49N3O8/c1-4-7-16-40-28(35)21-33(20-25-15-14-24(19-32-25)31(38)39)26-12-10-11-13-27(26)34(22-29(36)41-17-8-5-2)23-30(37)42-18-9-6-3/h14-15,19,26-27H,4-13,16-18,20-23H2,1-3H3,(H,38,39)/t26-,27?/m0/s1. The van der Waals surface area contributed by atoms with Crippen LogP contribution in [0.1, 0.15) is 101 Å². The Kier molecular flexibility index (Phi) is 16.7. The van der Waals surface area contributed by atoms with Crippen LogP contribution in [0.3, 0.4) is 0 Å². The summed E-state index contributed by atoms with van der Waals surface area (Å²) < 4.78 is 16.4. The number of aromatic carboxylic acids is 1. The second-order valence-corrected chi connectivity index (χ2v) is 10.8. The number of ether oxygens (including phenoxy) is 3. The van der Waals surface area contributed by atoms with Gasteiger partial charge in [-0.05, 0) is 44.2 Å². The molecule has 42 heavy (non-hydrogen) atoms. The lowest BCUT2D eigenvalue weighted by atomic mass is 9.87. The second-order valence-electron chi connectivity index (χ2n) is 10.8. The van der Waals surface area contributed by atoms with Gasteiger partial charge in [0.1, 0.15) is 0 Å². The molecule has 0 aromatic carbocycles. The minimum absolute atomic E-state index is 0.00295. The number of pyridine rings is 1. The molecule has 1 fully saturated rings. The van der Waals surface area contributed by atoms with E-state index in [0.29, 0.717) is 25.5 Å². The van der Waals surface area contributed by atoms with Crippen molar-refractivity contribution in [3.63, 3.8) is 0 Å². The van der Waals surface area contributed by atoms with Gasteiger partial charge >= 0.3 is 23.9 Å². The monoisotopic (exact) mass is 591 g/mol. The smallest absolute Gasteiger partial charge is 0.337 e. The Morgan fingerprint density at radius 1 is 0.762 bits per heavy atom. The van der Waals surface area contributed by atoms with E-state index in [1.54, 1.807) is 6.07 Å². The van der Waals surface area contributed by atoms with Crippen molar-refractivity contribution in [2.75, 3.05) is 39.5 Å². The van der Waals surface area contributed by atoms with Gasteiger partial charge in [-0.25, -0.2) is 4.79 Å². The van der Waals surface area contributed by atoms with Crippen LogP contribution >= 0.6 is 0 Å². The van der Waals surface area contributed by atoms with Crippen molar-refractivity contribution in [3.8, 4) is 0 Å². The van der Waals surface area contributed by atoms with Gasteiger partial charge in [-0.3, -0.25) is 29.2 Å². The molecule has 1 aliphatic rings. The fraction of sp³-hybridized carbons (Fsp3) is 0.710. The molecule has 1 saturated carbocycles. The van der Waals surface area contributed by atoms with Crippen LogP contribution in [0.5, 0.6) is 0 Å². The molecule has 0 bridgehead atoms. The molecule has 0 spiro atoms. The minimum atomic E-state index is -1.06. The number of hydrogen-bond acceptors (Lipinski definition) is 10. The highest BCUT2D eigenvalue weighted by Gasteiger charge is 2.37. The molecule has 236 valence electrons. The van der Waals surface area contributed by atoms with E-state index in [-0.39, 0.29) is 49.8 Å². The maximum Gasteiger partial charge on any atom is 0.337 e. The van der Waals surface area contributed by atoms with Crippen molar-refractivity contribution in [1.82, 2.24) is 14.8 Å². The Hall–Kier alpha value is -3.05. The van der Waals surface area contributed by atoms with Crippen molar-refractivity contribution in [2.45, 2.75) is 104 Å². The maximum atomic E-state index is 12.9. The molecule has 0 aliphatic heterocycles. The number of carbonyl (C=O) groups excluding carboxylic acids is 3. The van der Waals surface area contributed by atoms with E-state index < -0.39 is 17.9 Å². The average molecular weight is 592 g/mol. The molecular weight excluding hydrogens is 542 g/mol. The van der Waals surface area contributed by atoms with Gasteiger partial charge in [-0.2, -0.15) is 0 Å². The molecule has 11 heteroatoms. The molecule has 2 rings (SSSR count). The SMILES string of the molecule is CCCCOC(=O)CN(CC(=O)OCCCC)C1CCCC[C@@H]1N(CC(=O)OCCCC)Cc1ccc(C(=O)O)cn1. The van der Waals surface area contributed by atoms with Crippen molar-refractivity contribution in [1.29, 1.82) is 0 Å². The van der Waals surface area contributed by atoms with Gasteiger partial charge < -0.3 is 19.3 Å². The Bertz CT molecular complexity index is 947. The molecule has 2 atom stereocenters. The molecular formula is C31H49N3O8. The minimum Gasteiger partial charge on any atom is -0.478 e. The fourth-order valence-corrected chi connectivity index (χ4v) is 5.00. The predicted molar refractivity (Wildman–Crippen MR) is 157 cm³/mol. The first-order chi connectivity index (χ1) is 20.3. The summed E-state index contributed by atoms with van der Waals surface area (Å²) in [4.78, 5) is 58.0. The quantitative estimate of drug-likeness (QED) is 0.133. The van der Waals surface area contributed by atoms with Gasteiger partial charge in [0.15, 0.2) is 0 Å². The van der Waals surface area contributed by atoms with Crippen molar-refractivity contribution >= 4 is 23.9 Å². The summed E-state index contributed by atoms with van der Waals surface area (Å²) in [6, 6.07) is 2.72. The molecule has 1 aliphatic carbocycles. The van der Waals surface area contributed by atoms with Crippen LogP contribution in [0, 0.1) is 0 Å². The molecule has 1 unspecified atom stereocenters. The largest absolute Gasteiger partial charge is 0.478 e. The number of nitrogens with zero attached hydrogens (tertiary/aromatic N) is 3. The van der Waals surface area contributed by atoms with Gasteiger partial charge in [0.25, 0.3) is 0 Å². The summed E-state index contributed by atoms with van der Waals surface area (Å²) in [5.41, 5.74) is 0.685. The van der Waals surface area contributed by atoms with E-state index in [4.69, 9.17) is 14.2 Å². The van der Waals surface area contributed by atoms with E-state index in [1.807, 2.05) is 30.6 Å². The topological polar surface area (TPSA) is 136 Å². The lowest BCUT2D eigenvalue weighted by Crippen LogP contribution is -2.56. The summed E-state index contributed by atoms with van der Waals surface area (Å²) in [5, 5.41) is 9.27. The zero-order valence-corrected chi connectivity index (χ0v) is 25.6. The summed E-state index contributed by atoms with van der Waals surface area (Å²) in [6.07, 6.45) is 9.59. The number of unbranched alkanes of at least 4 members (excludes halogenated alkanes) is 3.